The minimum absolute atomic E-state index is 0.207. The lowest BCUT2D eigenvalue weighted by atomic mass is 9.84. The summed E-state index contributed by atoms with van der Waals surface area (Å²) in [7, 11) is 0. The molecule has 2 aliphatic rings. The highest BCUT2D eigenvalue weighted by Crippen LogP contribution is 2.49. The molecule has 18 heavy (non-hydrogen) atoms. The smallest absolute Gasteiger partial charge is 0.221 e. The van der Waals surface area contributed by atoms with E-state index in [2.05, 4.69) is 31.4 Å². The zero-order valence-electron chi connectivity index (χ0n) is 12.0. The third kappa shape index (κ3) is 3.47. The van der Waals surface area contributed by atoms with Gasteiger partial charge in [0, 0.05) is 25.0 Å². The molecule has 1 amide bonds. The molecule has 2 N–H and O–H groups in total. The molecule has 0 aromatic carbocycles. The molecule has 2 aliphatic carbocycles. The predicted molar refractivity (Wildman–Crippen MR) is 74.3 cm³/mol. The number of rotatable bonds is 6. The van der Waals surface area contributed by atoms with Gasteiger partial charge < -0.3 is 10.6 Å². The van der Waals surface area contributed by atoms with Crippen LogP contribution in [0, 0.1) is 17.8 Å². The van der Waals surface area contributed by atoms with Crippen molar-refractivity contribution in [1.82, 2.24) is 10.6 Å². The lowest BCUT2D eigenvalue weighted by Gasteiger charge is -2.28. The molecule has 2 fully saturated rings. The second-order valence-corrected chi connectivity index (χ2v) is 6.55. The van der Waals surface area contributed by atoms with Gasteiger partial charge in [0.15, 0.2) is 0 Å². The Morgan fingerprint density at radius 1 is 1.22 bits per heavy atom. The van der Waals surface area contributed by atoms with Crippen LogP contribution in [0.1, 0.15) is 52.9 Å². The normalized spacial score (nSPS) is 31.9. The summed E-state index contributed by atoms with van der Waals surface area (Å²) in [4.78, 5) is 11.8. The van der Waals surface area contributed by atoms with Crippen molar-refractivity contribution < 1.29 is 4.79 Å². The largest absolute Gasteiger partial charge is 0.353 e. The van der Waals surface area contributed by atoms with E-state index < -0.39 is 0 Å². The zero-order valence-corrected chi connectivity index (χ0v) is 12.0. The van der Waals surface area contributed by atoms with Crippen LogP contribution in [0.15, 0.2) is 0 Å². The van der Waals surface area contributed by atoms with E-state index in [1.54, 1.807) is 0 Å². The van der Waals surface area contributed by atoms with Crippen LogP contribution in [0.5, 0.6) is 0 Å². The van der Waals surface area contributed by atoms with E-state index >= 15 is 0 Å². The SMILES string of the molecule is CC(C)NCCC(=O)NC(C)C1CC2CCC1C2. The fourth-order valence-electron chi connectivity index (χ4n) is 3.81. The zero-order chi connectivity index (χ0) is 13.1. The summed E-state index contributed by atoms with van der Waals surface area (Å²) in [6.45, 7) is 7.19. The van der Waals surface area contributed by atoms with E-state index in [0.29, 0.717) is 18.5 Å². The highest BCUT2D eigenvalue weighted by atomic mass is 16.1. The first-order valence-corrected chi connectivity index (χ1v) is 7.59. The Hall–Kier alpha value is -0.570. The average Bonchev–Trinajstić information content (AvgIpc) is 2.89. The van der Waals surface area contributed by atoms with Gasteiger partial charge in [0.1, 0.15) is 0 Å². The van der Waals surface area contributed by atoms with Gasteiger partial charge in [-0.3, -0.25) is 4.79 Å². The highest BCUT2D eigenvalue weighted by Gasteiger charge is 2.41. The van der Waals surface area contributed by atoms with Crippen LogP contribution < -0.4 is 10.6 Å². The Balaban J connectivity index is 1.67. The summed E-state index contributed by atoms with van der Waals surface area (Å²) in [6.07, 6.45) is 6.18. The molecule has 0 radical (unpaired) electrons. The predicted octanol–water partition coefficient (Wildman–Crippen LogP) is 2.32. The van der Waals surface area contributed by atoms with Crippen LogP contribution in [0.3, 0.4) is 0 Å². The molecule has 0 heterocycles. The summed E-state index contributed by atoms with van der Waals surface area (Å²) >= 11 is 0. The summed E-state index contributed by atoms with van der Waals surface area (Å²) < 4.78 is 0. The third-order valence-electron chi connectivity index (χ3n) is 4.73. The van der Waals surface area contributed by atoms with E-state index in [9.17, 15) is 4.79 Å². The third-order valence-corrected chi connectivity index (χ3v) is 4.73. The molecule has 4 atom stereocenters. The van der Waals surface area contributed by atoms with Gasteiger partial charge in [0.25, 0.3) is 0 Å². The maximum Gasteiger partial charge on any atom is 0.221 e. The number of nitrogens with one attached hydrogen (secondary N) is 2. The topological polar surface area (TPSA) is 41.1 Å². The van der Waals surface area contributed by atoms with E-state index in [0.717, 1.165) is 24.3 Å². The molecule has 3 nitrogen and oxygen atoms in total. The average molecular weight is 252 g/mol. The van der Waals surface area contributed by atoms with Crippen molar-refractivity contribution >= 4 is 5.91 Å². The first-order chi connectivity index (χ1) is 8.56. The van der Waals surface area contributed by atoms with Gasteiger partial charge in [-0.2, -0.15) is 0 Å². The van der Waals surface area contributed by atoms with E-state index in [1.807, 2.05) is 0 Å². The Kier molecular flexibility index (Phi) is 4.66. The molecule has 2 saturated carbocycles. The van der Waals surface area contributed by atoms with Crippen molar-refractivity contribution in [3.8, 4) is 0 Å². The Morgan fingerprint density at radius 3 is 2.56 bits per heavy atom. The summed E-state index contributed by atoms with van der Waals surface area (Å²) in [6, 6.07) is 0.827. The molecule has 0 aromatic heterocycles. The highest BCUT2D eigenvalue weighted by molar-refractivity contribution is 5.76. The van der Waals surface area contributed by atoms with Crippen LogP contribution in [0.25, 0.3) is 0 Å². The van der Waals surface area contributed by atoms with Crippen molar-refractivity contribution in [2.24, 2.45) is 17.8 Å². The molecular weight excluding hydrogens is 224 g/mol. The first-order valence-electron chi connectivity index (χ1n) is 7.59. The van der Waals surface area contributed by atoms with E-state index in [-0.39, 0.29) is 5.91 Å². The molecule has 0 saturated heterocycles. The van der Waals surface area contributed by atoms with E-state index in [4.69, 9.17) is 0 Å². The molecule has 0 aliphatic heterocycles. The number of hydrogen-bond acceptors (Lipinski definition) is 2. The Morgan fingerprint density at radius 2 is 2.00 bits per heavy atom. The number of hydrogen-bond donors (Lipinski definition) is 2. The molecule has 104 valence electrons. The van der Waals surface area contributed by atoms with Crippen LogP contribution in [-0.4, -0.2) is 24.5 Å². The fraction of sp³-hybridized carbons (Fsp3) is 0.933. The first kappa shape index (κ1) is 13.9. The molecule has 2 rings (SSSR count). The number of carbonyl (C=O) groups excluding carboxylic acids is 1. The van der Waals surface area contributed by atoms with Gasteiger partial charge in [-0.1, -0.05) is 20.3 Å². The van der Waals surface area contributed by atoms with Crippen molar-refractivity contribution in [3.05, 3.63) is 0 Å². The number of carbonyl (C=O) groups is 1. The molecule has 0 aromatic rings. The molecule has 3 heteroatoms. The van der Waals surface area contributed by atoms with Crippen LogP contribution in [0.4, 0.5) is 0 Å². The maximum atomic E-state index is 11.8. The molecular formula is C15H28N2O. The van der Waals surface area contributed by atoms with Gasteiger partial charge in [0.2, 0.25) is 5.91 Å². The Labute approximate surface area is 111 Å². The second-order valence-electron chi connectivity index (χ2n) is 6.55. The lowest BCUT2D eigenvalue weighted by Crippen LogP contribution is -2.41. The van der Waals surface area contributed by atoms with Crippen molar-refractivity contribution in [3.63, 3.8) is 0 Å². The van der Waals surface area contributed by atoms with Crippen molar-refractivity contribution in [2.75, 3.05) is 6.54 Å². The number of amides is 1. The van der Waals surface area contributed by atoms with Crippen LogP contribution in [-0.2, 0) is 4.79 Å². The van der Waals surface area contributed by atoms with Crippen molar-refractivity contribution in [2.45, 2.75) is 65.0 Å². The van der Waals surface area contributed by atoms with Gasteiger partial charge in [-0.05, 0) is 43.9 Å². The van der Waals surface area contributed by atoms with Gasteiger partial charge >= 0.3 is 0 Å². The molecule has 2 bridgehead atoms. The Bertz CT molecular complexity index is 290. The van der Waals surface area contributed by atoms with Gasteiger partial charge in [0.05, 0.1) is 0 Å². The second kappa shape index (κ2) is 6.05. The minimum Gasteiger partial charge on any atom is -0.353 e. The van der Waals surface area contributed by atoms with Gasteiger partial charge in [-0.15, -0.1) is 0 Å². The molecule has 0 spiro atoms. The lowest BCUT2D eigenvalue weighted by molar-refractivity contribution is -0.122. The van der Waals surface area contributed by atoms with E-state index in [1.165, 1.54) is 25.7 Å². The number of fused-ring (bicyclic) bond motifs is 2. The van der Waals surface area contributed by atoms with Crippen LogP contribution >= 0.6 is 0 Å². The van der Waals surface area contributed by atoms with Gasteiger partial charge in [-0.25, -0.2) is 0 Å². The minimum atomic E-state index is 0.207. The van der Waals surface area contributed by atoms with Crippen molar-refractivity contribution in [1.29, 1.82) is 0 Å². The monoisotopic (exact) mass is 252 g/mol. The summed E-state index contributed by atoms with van der Waals surface area (Å²) in [5.41, 5.74) is 0. The standard InChI is InChI=1S/C15H28N2O/c1-10(2)16-7-6-15(18)17-11(3)14-9-12-4-5-13(14)8-12/h10-14,16H,4-9H2,1-3H3,(H,17,18). The quantitative estimate of drug-likeness (QED) is 0.761. The summed E-state index contributed by atoms with van der Waals surface area (Å²) in [5, 5.41) is 6.49. The van der Waals surface area contributed by atoms with Crippen LogP contribution in [0.2, 0.25) is 0 Å². The summed E-state index contributed by atoms with van der Waals surface area (Å²) in [5.74, 6) is 2.80. The fourth-order valence-corrected chi connectivity index (χ4v) is 3.81. The maximum absolute atomic E-state index is 11.8. The molecule has 4 unspecified atom stereocenters.